The topological polar surface area (TPSA) is 20.3 Å². The van der Waals surface area contributed by atoms with E-state index in [4.69, 9.17) is 0 Å². The molecule has 1 amide bonds. The highest BCUT2D eigenvalue weighted by Crippen LogP contribution is 2.25. The van der Waals surface area contributed by atoms with Crippen LogP contribution in [0.5, 0.6) is 0 Å². The minimum atomic E-state index is 0.143. The second-order valence-electron chi connectivity index (χ2n) is 4.25. The molecule has 0 fully saturated rings. The Labute approximate surface area is 107 Å². The van der Waals surface area contributed by atoms with Crippen molar-refractivity contribution in [2.75, 3.05) is 19.3 Å². The first-order valence-electron chi connectivity index (χ1n) is 5.79. The van der Waals surface area contributed by atoms with Gasteiger partial charge in [0.05, 0.1) is 6.54 Å². The van der Waals surface area contributed by atoms with Crippen LogP contribution in [0.3, 0.4) is 0 Å². The summed E-state index contributed by atoms with van der Waals surface area (Å²) in [4.78, 5) is 15.5. The molecule has 0 unspecified atom stereocenters. The number of rotatable bonds is 2. The highest BCUT2D eigenvalue weighted by molar-refractivity contribution is 8.02. The fraction of sp³-hybridized carbons (Fsp3) is 0.357. The van der Waals surface area contributed by atoms with Crippen molar-refractivity contribution in [1.29, 1.82) is 0 Å². The molecule has 0 saturated carbocycles. The molecule has 0 aliphatic carbocycles. The van der Waals surface area contributed by atoms with Crippen molar-refractivity contribution >= 4 is 17.7 Å². The molecule has 2 nitrogen and oxygen atoms in total. The summed E-state index contributed by atoms with van der Waals surface area (Å²) in [5, 5.41) is 0. The zero-order chi connectivity index (χ0) is 12.3. The van der Waals surface area contributed by atoms with E-state index in [1.54, 1.807) is 11.8 Å². The maximum Gasteiger partial charge on any atom is 0.254 e. The summed E-state index contributed by atoms with van der Waals surface area (Å²) in [6.45, 7) is 3.76. The van der Waals surface area contributed by atoms with E-state index >= 15 is 0 Å². The van der Waals surface area contributed by atoms with Crippen molar-refractivity contribution in [1.82, 2.24) is 4.90 Å². The maximum absolute atomic E-state index is 12.3. The molecule has 0 saturated heterocycles. The minimum Gasteiger partial charge on any atom is -0.333 e. The van der Waals surface area contributed by atoms with Crippen molar-refractivity contribution in [3.8, 4) is 0 Å². The fourth-order valence-corrected chi connectivity index (χ4v) is 2.74. The standard InChI is InChI=1S/C14H17NOS/c1-11-8-9-15(10-13(11)17-2)14(16)12-6-4-3-5-7-12/h3-7H,8-10H2,1-2H3. The smallest absolute Gasteiger partial charge is 0.254 e. The first-order chi connectivity index (χ1) is 8.22. The summed E-state index contributed by atoms with van der Waals surface area (Å²) >= 11 is 1.76. The maximum atomic E-state index is 12.3. The monoisotopic (exact) mass is 247 g/mol. The number of carbonyl (C=O) groups excluding carboxylic acids is 1. The van der Waals surface area contributed by atoms with E-state index in [1.807, 2.05) is 35.2 Å². The third-order valence-corrected chi connectivity index (χ3v) is 4.09. The van der Waals surface area contributed by atoms with Crippen molar-refractivity contribution in [3.05, 3.63) is 46.4 Å². The lowest BCUT2D eigenvalue weighted by atomic mass is 10.1. The molecule has 0 spiro atoms. The molecule has 3 heteroatoms. The van der Waals surface area contributed by atoms with E-state index in [-0.39, 0.29) is 5.91 Å². The zero-order valence-corrected chi connectivity index (χ0v) is 11.1. The van der Waals surface area contributed by atoms with Crippen molar-refractivity contribution in [2.24, 2.45) is 0 Å². The zero-order valence-electron chi connectivity index (χ0n) is 10.3. The number of carbonyl (C=O) groups is 1. The van der Waals surface area contributed by atoms with Gasteiger partial charge in [-0.1, -0.05) is 23.8 Å². The minimum absolute atomic E-state index is 0.143. The first kappa shape index (κ1) is 12.2. The Morgan fingerprint density at radius 3 is 2.65 bits per heavy atom. The van der Waals surface area contributed by atoms with Crippen molar-refractivity contribution < 1.29 is 4.79 Å². The molecule has 90 valence electrons. The van der Waals surface area contributed by atoms with Crippen LogP contribution >= 0.6 is 11.8 Å². The second kappa shape index (κ2) is 5.41. The third kappa shape index (κ3) is 2.72. The average Bonchev–Trinajstić information content (AvgIpc) is 2.39. The number of hydrogen-bond donors (Lipinski definition) is 0. The summed E-state index contributed by atoms with van der Waals surface area (Å²) in [6.07, 6.45) is 3.07. The van der Waals surface area contributed by atoms with Crippen LogP contribution < -0.4 is 0 Å². The van der Waals surface area contributed by atoms with Gasteiger partial charge in [-0.25, -0.2) is 0 Å². The fourth-order valence-electron chi connectivity index (χ4n) is 2.00. The van der Waals surface area contributed by atoms with Crippen LogP contribution in [0.25, 0.3) is 0 Å². The Morgan fingerprint density at radius 1 is 1.29 bits per heavy atom. The quantitative estimate of drug-likeness (QED) is 0.800. The van der Waals surface area contributed by atoms with Gasteiger partial charge in [-0.05, 0) is 31.7 Å². The van der Waals surface area contributed by atoms with Crippen LogP contribution in [0.2, 0.25) is 0 Å². The van der Waals surface area contributed by atoms with E-state index < -0.39 is 0 Å². The SMILES string of the molecule is CSC1=C(C)CCN(C(=O)c2ccccc2)C1. The van der Waals surface area contributed by atoms with Gasteiger partial charge in [-0.3, -0.25) is 4.79 Å². The van der Waals surface area contributed by atoms with Crippen LogP contribution in [-0.2, 0) is 0 Å². The van der Waals surface area contributed by atoms with Gasteiger partial charge in [0, 0.05) is 17.0 Å². The van der Waals surface area contributed by atoms with Crippen molar-refractivity contribution in [3.63, 3.8) is 0 Å². The first-order valence-corrected chi connectivity index (χ1v) is 7.02. The molecular weight excluding hydrogens is 230 g/mol. The highest BCUT2D eigenvalue weighted by Gasteiger charge is 2.21. The van der Waals surface area contributed by atoms with Gasteiger partial charge in [0.1, 0.15) is 0 Å². The van der Waals surface area contributed by atoms with Crippen LogP contribution in [0.15, 0.2) is 40.8 Å². The summed E-state index contributed by atoms with van der Waals surface area (Å²) in [6, 6.07) is 9.52. The number of benzene rings is 1. The number of hydrogen-bond acceptors (Lipinski definition) is 2. The van der Waals surface area contributed by atoms with E-state index in [2.05, 4.69) is 13.2 Å². The lowest BCUT2D eigenvalue weighted by Crippen LogP contribution is -2.36. The molecule has 17 heavy (non-hydrogen) atoms. The molecule has 1 aromatic carbocycles. The average molecular weight is 247 g/mol. The number of nitrogens with zero attached hydrogens (tertiary/aromatic N) is 1. The van der Waals surface area contributed by atoms with Crippen LogP contribution in [0.4, 0.5) is 0 Å². The molecular formula is C14H17NOS. The van der Waals surface area contributed by atoms with Crippen LogP contribution in [-0.4, -0.2) is 30.2 Å². The number of thioether (sulfide) groups is 1. The molecule has 2 rings (SSSR count). The van der Waals surface area contributed by atoms with Gasteiger partial charge in [0.25, 0.3) is 5.91 Å². The number of amides is 1. The summed E-state index contributed by atoms with van der Waals surface area (Å²) in [5.41, 5.74) is 2.21. The van der Waals surface area contributed by atoms with Gasteiger partial charge in [-0.15, -0.1) is 11.8 Å². The normalized spacial score (nSPS) is 16.2. The van der Waals surface area contributed by atoms with E-state index in [1.165, 1.54) is 10.5 Å². The lowest BCUT2D eigenvalue weighted by molar-refractivity contribution is 0.0767. The molecule has 0 atom stereocenters. The summed E-state index contributed by atoms with van der Waals surface area (Å²) < 4.78 is 0. The van der Waals surface area contributed by atoms with Gasteiger partial charge >= 0.3 is 0 Å². The Morgan fingerprint density at radius 2 is 2.00 bits per heavy atom. The van der Waals surface area contributed by atoms with Crippen molar-refractivity contribution in [2.45, 2.75) is 13.3 Å². The molecule has 0 N–H and O–H groups in total. The van der Waals surface area contributed by atoms with E-state index in [9.17, 15) is 4.79 Å². The largest absolute Gasteiger partial charge is 0.333 e. The lowest BCUT2D eigenvalue weighted by Gasteiger charge is -2.29. The molecule has 1 heterocycles. The van der Waals surface area contributed by atoms with Gasteiger partial charge in [0.2, 0.25) is 0 Å². The summed E-state index contributed by atoms with van der Waals surface area (Å²) in [7, 11) is 0. The summed E-state index contributed by atoms with van der Waals surface area (Å²) in [5.74, 6) is 0.143. The predicted octanol–water partition coefficient (Wildman–Crippen LogP) is 3.17. The highest BCUT2D eigenvalue weighted by atomic mass is 32.2. The van der Waals surface area contributed by atoms with Gasteiger partial charge in [0.15, 0.2) is 0 Å². The second-order valence-corrected chi connectivity index (χ2v) is 5.15. The Hall–Kier alpha value is -1.22. The van der Waals surface area contributed by atoms with Crippen LogP contribution in [0.1, 0.15) is 23.7 Å². The van der Waals surface area contributed by atoms with Gasteiger partial charge in [-0.2, -0.15) is 0 Å². The molecule has 1 aromatic rings. The van der Waals surface area contributed by atoms with Gasteiger partial charge < -0.3 is 4.90 Å². The molecule has 0 aromatic heterocycles. The van der Waals surface area contributed by atoms with E-state index in [0.717, 1.165) is 25.1 Å². The molecule has 1 aliphatic heterocycles. The Kier molecular flexibility index (Phi) is 3.89. The van der Waals surface area contributed by atoms with Crippen LogP contribution in [0, 0.1) is 0 Å². The third-order valence-electron chi connectivity index (χ3n) is 3.12. The molecule has 1 aliphatic rings. The predicted molar refractivity (Wildman–Crippen MR) is 73.2 cm³/mol. The van der Waals surface area contributed by atoms with E-state index in [0.29, 0.717) is 0 Å². The molecule has 0 radical (unpaired) electrons. The Bertz CT molecular complexity index is 439. The Balaban J connectivity index is 2.13. The molecule has 0 bridgehead atoms.